The molecular formula is C13H13IN5O2P. The minimum atomic E-state index is -0.266. The summed E-state index contributed by atoms with van der Waals surface area (Å²) in [4.78, 5) is 12.6. The van der Waals surface area contributed by atoms with Crippen molar-refractivity contribution in [2.24, 2.45) is 7.05 Å². The summed E-state index contributed by atoms with van der Waals surface area (Å²) >= 11 is 2.18. The summed E-state index contributed by atoms with van der Waals surface area (Å²) < 4.78 is 3.30. The number of amides is 1. The number of carbonyl (C=O) groups is 1. The lowest BCUT2D eigenvalue weighted by atomic mass is 10.0. The lowest BCUT2D eigenvalue weighted by molar-refractivity contribution is 0.102. The number of nitrogens with zero attached hydrogens (tertiary/aromatic N) is 4. The highest BCUT2D eigenvalue weighted by Crippen LogP contribution is 2.36. The van der Waals surface area contributed by atoms with Crippen LogP contribution in [0.2, 0.25) is 0 Å². The molecule has 0 aliphatic rings. The quantitative estimate of drug-likeness (QED) is 0.496. The van der Waals surface area contributed by atoms with E-state index in [9.17, 15) is 9.90 Å². The van der Waals surface area contributed by atoms with E-state index in [0.29, 0.717) is 34.2 Å². The monoisotopic (exact) mass is 429 g/mol. The molecule has 0 bridgehead atoms. The van der Waals surface area contributed by atoms with Gasteiger partial charge in [0.1, 0.15) is 11.3 Å². The Labute approximate surface area is 141 Å². The van der Waals surface area contributed by atoms with Crippen LogP contribution in [0.1, 0.15) is 15.9 Å². The zero-order chi connectivity index (χ0) is 15.9. The summed E-state index contributed by atoms with van der Waals surface area (Å²) in [6.45, 7) is 1.79. The molecule has 22 heavy (non-hydrogen) atoms. The molecule has 3 rings (SSSR count). The van der Waals surface area contributed by atoms with Crippen molar-refractivity contribution in [1.29, 1.82) is 0 Å². The van der Waals surface area contributed by atoms with E-state index in [1.165, 1.54) is 0 Å². The summed E-state index contributed by atoms with van der Waals surface area (Å²) in [5, 5.41) is 21.9. The molecule has 2 heterocycles. The van der Waals surface area contributed by atoms with Crippen molar-refractivity contribution in [2.45, 2.75) is 6.92 Å². The molecule has 9 heteroatoms. The van der Waals surface area contributed by atoms with E-state index < -0.39 is 0 Å². The number of aryl methyl sites for hydroxylation is 2. The van der Waals surface area contributed by atoms with E-state index in [2.05, 4.69) is 37.6 Å². The van der Waals surface area contributed by atoms with Gasteiger partial charge in [0.05, 0.1) is 18.1 Å². The standard InChI is InChI=1S/C13H13IN5O2P/c1-7-5-9(20)12-8(6-15-19(12)22-14)11(7)13(21)16-10-3-4-18(2)17-10/h3-6,20,22H,1-2H3,(H,16,17,21). The highest BCUT2D eigenvalue weighted by Gasteiger charge is 2.20. The molecule has 1 atom stereocenters. The molecule has 0 saturated heterocycles. The van der Waals surface area contributed by atoms with Gasteiger partial charge >= 0.3 is 0 Å². The first-order chi connectivity index (χ1) is 10.5. The second-order valence-electron chi connectivity index (χ2n) is 4.82. The number of phenols is 1. The molecule has 1 amide bonds. The van der Waals surface area contributed by atoms with Crippen molar-refractivity contribution in [3.63, 3.8) is 0 Å². The summed E-state index contributed by atoms with van der Waals surface area (Å²) in [5.74, 6) is 0.345. The van der Waals surface area contributed by atoms with Crippen molar-refractivity contribution in [3.05, 3.63) is 35.7 Å². The number of carbonyl (C=O) groups excluding carboxylic acids is 1. The van der Waals surface area contributed by atoms with Crippen LogP contribution in [-0.2, 0) is 7.05 Å². The maximum Gasteiger partial charge on any atom is 0.257 e. The molecule has 1 aromatic carbocycles. The molecule has 0 spiro atoms. The van der Waals surface area contributed by atoms with Crippen LogP contribution >= 0.6 is 28.4 Å². The number of benzene rings is 1. The van der Waals surface area contributed by atoms with Crippen LogP contribution in [0, 0.1) is 6.92 Å². The summed E-state index contributed by atoms with van der Waals surface area (Å²) in [6, 6.07) is 3.31. The van der Waals surface area contributed by atoms with Gasteiger partial charge in [-0.15, -0.1) is 0 Å². The first-order valence-corrected chi connectivity index (χ1v) is 10.5. The molecule has 0 radical (unpaired) electrons. The van der Waals surface area contributed by atoms with Gasteiger partial charge in [-0.25, -0.2) is 4.45 Å². The Morgan fingerprint density at radius 3 is 2.91 bits per heavy atom. The molecule has 2 N–H and O–H groups in total. The van der Waals surface area contributed by atoms with E-state index in [4.69, 9.17) is 0 Å². The first kappa shape index (κ1) is 15.2. The van der Waals surface area contributed by atoms with E-state index >= 15 is 0 Å². The third-order valence-corrected chi connectivity index (χ3v) is 5.16. The second-order valence-corrected chi connectivity index (χ2v) is 6.86. The maximum atomic E-state index is 12.6. The molecule has 1 unspecified atom stereocenters. The van der Waals surface area contributed by atoms with Gasteiger partial charge in [-0.1, -0.05) is 0 Å². The van der Waals surface area contributed by atoms with Gasteiger partial charge in [0.2, 0.25) is 0 Å². The Bertz CT molecular complexity index is 873. The predicted octanol–water partition coefficient (Wildman–Crippen LogP) is 2.83. The highest BCUT2D eigenvalue weighted by molar-refractivity contribution is 14.2. The Morgan fingerprint density at radius 2 is 2.27 bits per heavy atom. The van der Waals surface area contributed by atoms with Crippen molar-refractivity contribution >= 4 is 51.0 Å². The zero-order valence-corrected chi connectivity index (χ0v) is 15.0. The number of aromatic nitrogens is 4. The van der Waals surface area contributed by atoms with Gasteiger partial charge in [-0.2, -0.15) is 10.2 Å². The lowest BCUT2D eigenvalue weighted by Crippen LogP contribution is -2.14. The number of hydrogen-bond donors (Lipinski definition) is 2. The average molecular weight is 429 g/mol. The summed E-state index contributed by atoms with van der Waals surface area (Å²) in [5.41, 5.74) is 1.76. The molecule has 2 aromatic heterocycles. The summed E-state index contributed by atoms with van der Waals surface area (Å²) in [6.07, 6.45) is 3.70. The summed E-state index contributed by atoms with van der Waals surface area (Å²) in [7, 11) is 1.78. The molecule has 114 valence electrons. The first-order valence-electron chi connectivity index (χ1n) is 6.39. The van der Waals surface area contributed by atoms with Crippen molar-refractivity contribution in [1.82, 2.24) is 19.3 Å². The van der Waals surface area contributed by atoms with Gasteiger partial charge in [0.25, 0.3) is 5.91 Å². The smallest absolute Gasteiger partial charge is 0.257 e. The topological polar surface area (TPSA) is 85.0 Å². The predicted molar refractivity (Wildman–Crippen MR) is 95.0 cm³/mol. The number of fused-ring (bicyclic) bond motifs is 1. The number of halogens is 1. The number of aromatic hydroxyl groups is 1. The van der Waals surface area contributed by atoms with Crippen LogP contribution in [0.15, 0.2) is 24.5 Å². The van der Waals surface area contributed by atoms with E-state index in [1.807, 2.05) is 0 Å². The molecule has 0 fully saturated rings. The van der Waals surface area contributed by atoms with Gasteiger partial charge in [0, 0.05) is 24.7 Å². The van der Waals surface area contributed by atoms with Gasteiger partial charge in [0.15, 0.2) is 5.82 Å². The molecule has 7 nitrogen and oxygen atoms in total. The fourth-order valence-corrected chi connectivity index (χ4v) is 3.88. The molecule has 3 aromatic rings. The van der Waals surface area contributed by atoms with Crippen molar-refractivity contribution < 1.29 is 9.90 Å². The van der Waals surface area contributed by atoms with Crippen molar-refractivity contribution in [2.75, 3.05) is 5.32 Å². The van der Waals surface area contributed by atoms with E-state index in [0.717, 1.165) is 0 Å². The van der Waals surface area contributed by atoms with Gasteiger partial charge < -0.3 is 10.4 Å². The minimum Gasteiger partial charge on any atom is -0.506 e. The van der Waals surface area contributed by atoms with Crippen LogP contribution < -0.4 is 5.32 Å². The van der Waals surface area contributed by atoms with Crippen LogP contribution in [-0.4, -0.2) is 30.3 Å². The second kappa shape index (κ2) is 5.85. The normalized spacial score (nSPS) is 11.6. The number of anilines is 1. The van der Waals surface area contributed by atoms with Crippen molar-refractivity contribution in [3.8, 4) is 5.75 Å². The largest absolute Gasteiger partial charge is 0.506 e. The average Bonchev–Trinajstić information content (AvgIpc) is 3.05. The van der Waals surface area contributed by atoms with Crippen LogP contribution in [0.25, 0.3) is 10.9 Å². The number of hydrogen-bond acceptors (Lipinski definition) is 4. The molecular weight excluding hydrogens is 416 g/mol. The van der Waals surface area contributed by atoms with E-state index in [-0.39, 0.29) is 11.7 Å². The van der Waals surface area contributed by atoms with Crippen LogP contribution in [0.3, 0.4) is 0 Å². The van der Waals surface area contributed by atoms with E-state index in [1.54, 1.807) is 47.6 Å². The Hall–Kier alpha value is -1.67. The molecule has 0 saturated carbocycles. The molecule has 0 aliphatic carbocycles. The fourth-order valence-electron chi connectivity index (χ4n) is 2.36. The number of nitrogens with one attached hydrogen (secondary N) is 1. The Kier molecular flexibility index (Phi) is 4.05. The fraction of sp³-hybridized carbons (Fsp3) is 0.154. The lowest BCUT2D eigenvalue weighted by Gasteiger charge is -2.09. The number of phenolic OH excluding ortho intramolecular Hbond substituents is 1. The number of rotatable bonds is 3. The van der Waals surface area contributed by atoms with Crippen LogP contribution in [0.4, 0.5) is 5.82 Å². The third-order valence-electron chi connectivity index (χ3n) is 3.29. The Morgan fingerprint density at radius 1 is 1.50 bits per heavy atom. The van der Waals surface area contributed by atoms with Crippen LogP contribution in [0.5, 0.6) is 5.75 Å². The SMILES string of the molecule is Cc1cc(O)c2c(cnn2PI)c1C(=O)Nc1ccn(C)n1. The third kappa shape index (κ3) is 2.56. The zero-order valence-electron chi connectivity index (χ0n) is 11.8. The minimum absolute atomic E-state index is 0.128. The maximum absolute atomic E-state index is 12.6. The highest BCUT2D eigenvalue weighted by atomic mass is 127. The van der Waals surface area contributed by atoms with Gasteiger partial charge in [-0.3, -0.25) is 9.48 Å². The Balaban J connectivity index is 2.09. The molecule has 0 aliphatic heterocycles. The van der Waals surface area contributed by atoms with Gasteiger partial charge in [-0.05, 0) is 40.6 Å².